The van der Waals surface area contributed by atoms with Crippen molar-refractivity contribution in [2.45, 2.75) is 93.4 Å². The molecule has 1 aliphatic heterocycles. The van der Waals surface area contributed by atoms with Crippen LogP contribution in [0.3, 0.4) is 0 Å². The average Bonchev–Trinajstić information content (AvgIpc) is 3.16. The van der Waals surface area contributed by atoms with E-state index in [0.717, 1.165) is 17.8 Å². The van der Waals surface area contributed by atoms with Crippen molar-refractivity contribution in [3.8, 4) is 0 Å². The molecule has 0 bridgehead atoms. The monoisotopic (exact) mass is 528 g/mol. The van der Waals surface area contributed by atoms with Gasteiger partial charge in [-0.2, -0.15) is 0 Å². The van der Waals surface area contributed by atoms with E-state index in [2.05, 4.69) is 0 Å². The Kier molecular flexibility index (Phi) is 5.90. The van der Waals surface area contributed by atoms with Crippen molar-refractivity contribution < 1.29 is 43.2 Å². The maximum absolute atomic E-state index is 17.4. The van der Waals surface area contributed by atoms with Gasteiger partial charge in [-0.3, -0.25) is 9.59 Å². The summed E-state index contributed by atoms with van der Waals surface area (Å²) in [7, 11) is 0. The minimum absolute atomic E-state index is 0.0182. The number of thioether (sulfide) groups is 1. The van der Waals surface area contributed by atoms with Crippen LogP contribution in [0.1, 0.15) is 53.4 Å². The van der Waals surface area contributed by atoms with Gasteiger partial charge in [0.25, 0.3) is 0 Å². The molecule has 3 saturated carbocycles. The van der Waals surface area contributed by atoms with Gasteiger partial charge in [0.1, 0.15) is 22.5 Å². The molecule has 0 aromatic rings. The van der Waals surface area contributed by atoms with Gasteiger partial charge in [0.05, 0.1) is 6.10 Å². The Bertz CT molecular complexity index is 1050. The lowest BCUT2D eigenvalue weighted by Gasteiger charge is -2.63. The predicted molar refractivity (Wildman–Crippen MR) is 128 cm³/mol. The Morgan fingerprint density at radius 2 is 1.94 bits per heavy atom. The molecule has 36 heavy (non-hydrogen) atoms. The highest BCUT2D eigenvalue weighted by Crippen LogP contribution is 2.74. The molecular formula is C26H34F2O7S. The summed E-state index contributed by atoms with van der Waals surface area (Å²) in [6.45, 7) is 6.52. The molecule has 200 valence electrons. The molecule has 5 aliphatic rings. The molecule has 0 spiro atoms. The predicted octanol–water partition coefficient (Wildman–Crippen LogP) is 3.33. The van der Waals surface area contributed by atoms with Crippen molar-refractivity contribution in [3.63, 3.8) is 0 Å². The van der Waals surface area contributed by atoms with Crippen LogP contribution < -0.4 is 0 Å². The van der Waals surface area contributed by atoms with Crippen molar-refractivity contribution in [2.75, 3.05) is 6.61 Å². The van der Waals surface area contributed by atoms with Crippen LogP contribution in [0, 0.1) is 22.7 Å². The summed E-state index contributed by atoms with van der Waals surface area (Å²) in [5, 5.41) is 29.9. The van der Waals surface area contributed by atoms with Crippen molar-refractivity contribution >= 4 is 23.5 Å². The maximum Gasteiger partial charge on any atom is 0.316 e. The number of aliphatic carboxylic acids is 1. The number of aliphatic hydroxyl groups excluding tert-OH is 2. The average molecular weight is 529 g/mol. The number of carbonyl (C=O) groups is 2. The lowest BCUT2D eigenvalue weighted by atomic mass is 9.45. The van der Waals surface area contributed by atoms with Gasteiger partial charge in [0, 0.05) is 23.4 Å². The first-order chi connectivity index (χ1) is 16.6. The van der Waals surface area contributed by atoms with E-state index in [9.17, 15) is 24.9 Å². The van der Waals surface area contributed by atoms with Crippen LogP contribution in [0.25, 0.3) is 0 Å². The van der Waals surface area contributed by atoms with Crippen molar-refractivity contribution in [3.05, 3.63) is 23.8 Å². The van der Waals surface area contributed by atoms with Gasteiger partial charge < -0.3 is 24.8 Å². The third-order valence-corrected chi connectivity index (χ3v) is 11.4. The number of ether oxygens (including phenoxy) is 2. The highest BCUT2D eigenvalue weighted by molar-refractivity contribution is 8.01. The number of carbonyl (C=O) groups excluding carboxylic acids is 1. The molecule has 4 aliphatic carbocycles. The second-order valence-electron chi connectivity index (χ2n) is 11.8. The van der Waals surface area contributed by atoms with Gasteiger partial charge in [0.2, 0.25) is 0 Å². The first-order valence-corrected chi connectivity index (χ1v) is 13.4. The maximum atomic E-state index is 17.4. The Morgan fingerprint density at radius 1 is 1.25 bits per heavy atom. The van der Waals surface area contributed by atoms with E-state index in [4.69, 9.17) is 9.47 Å². The first kappa shape index (κ1) is 26.3. The van der Waals surface area contributed by atoms with Crippen LogP contribution in [0.4, 0.5) is 8.78 Å². The smallest absolute Gasteiger partial charge is 0.316 e. The van der Waals surface area contributed by atoms with E-state index in [1.807, 2.05) is 6.92 Å². The van der Waals surface area contributed by atoms with Crippen molar-refractivity contribution in [2.24, 2.45) is 22.7 Å². The lowest BCUT2D eigenvalue weighted by Crippen LogP contribution is -2.69. The van der Waals surface area contributed by atoms with Gasteiger partial charge in [-0.25, -0.2) is 8.78 Å². The number of fused-ring (bicyclic) bond motifs is 7. The summed E-state index contributed by atoms with van der Waals surface area (Å²) in [5.41, 5.74) is -4.63. The van der Waals surface area contributed by atoms with Gasteiger partial charge in [0.15, 0.2) is 17.2 Å². The third-order valence-electron chi connectivity index (χ3n) is 9.51. The van der Waals surface area contributed by atoms with Crippen LogP contribution in [-0.4, -0.2) is 73.7 Å². The summed E-state index contributed by atoms with van der Waals surface area (Å²) in [4.78, 5) is 22.8. The van der Waals surface area contributed by atoms with Crippen LogP contribution >= 0.6 is 11.8 Å². The zero-order chi connectivity index (χ0) is 26.5. The normalized spacial score (nSPS) is 49.5. The second-order valence-corrected chi connectivity index (χ2v) is 13.2. The minimum Gasteiger partial charge on any atom is -0.480 e. The molecule has 10 atom stereocenters. The van der Waals surface area contributed by atoms with Crippen LogP contribution in [0.5, 0.6) is 0 Å². The highest BCUT2D eigenvalue weighted by Gasteiger charge is 2.79. The van der Waals surface area contributed by atoms with E-state index >= 15 is 8.78 Å². The number of rotatable bonds is 5. The van der Waals surface area contributed by atoms with Crippen LogP contribution in [0.2, 0.25) is 0 Å². The summed E-state index contributed by atoms with van der Waals surface area (Å²) in [5.74, 6) is -3.96. The standard InChI is InChI=1S/C26H34F2O7S/c1-22(2)34-20-11-14-15-10-17(27)16-9-13(30)5-7-23(16,3)25(15,28)19(31)12-24(14,4)26(20,35-22)36-18(6-8-29)21(32)33/h5,7,9,14-15,17-20,29,31H,6,8,10-12H2,1-4H3,(H,32,33)/t14?,15?,17-,18?,19-,20+,23-,24-,25-,26+/m0/s1. The number of ketones is 1. The quantitative estimate of drug-likeness (QED) is 0.498. The molecule has 1 heterocycles. The number of hydrogen-bond acceptors (Lipinski definition) is 7. The van der Waals surface area contributed by atoms with E-state index in [-0.39, 0.29) is 31.4 Å². The van der Waals surface area contributed by atoms with Crippen LogP contribution in [0.15, 0.2) is 23.8 Å². The van der Waals surface area contributed by atoms with E-state index < -0.39 is 74.4 Å². The minimum atomic E-state index is -2.24. The zero-order valence-electron chi connectivity index (χ0n) is 20.9. The molecule has 7 nitrogen and oxygen atoms in total. The number of alkyl halides is 2. The van der Waals surface area contributed by atoms with E-state index in [1.54, 1.807) is 20.8 Å². The summed E-state index contributed by atoms with van der Waals surface area (Å²) in [6, 6.07) is 0. The number of carboxylic acids is 1. The van der Waals surface area contributed by atoms with Crippen molar-refractivity contribution in [1.82, 2.24) is 0 Å². The molecule has 0 aromatic carbocycles. The number of carboxylic acid groups (broad SMARTS) is 1. The molecule has 0 radical (unpaired) electrons. The number of halogens is 2. The Hall–Kier alpha value is -1.33. The number of hydrogen-bond donors (Lipinski definition) is 3. The highest BCUT2D eigenvalue weighted by atomic mass is 32.2. The molecule has 10 heteroatoms. The first-order valence-electron chi connectivity index (χ1n) is 12.5. The lowest BCUT2D eigenvalue weighted by molar-refractivity contribution is -0.235. The Balaban J connectivity index is 1.61. The van der Waals surface area contributed by atoms with E-state index in [0.29, 0.717) is 6.42 Å². The fourth-order valence-corrected chi connectivity index (χ4v) is 9.77. The molecule has 4 fully saturated rings. The largest absolute Gasteiger partial charge is 0.480 e. The molecule has 0 amide bonds. The Morgan fingerprint density at radius 3 is 2.58 bits per heavy atom. The molecular weight excluding hydrogens is 494 g/mol. The van der Waals surface area contributed by atoms with Gasteiger partial charge >= 0.3 is 5.97 Å². The summed E-state index contributed by atoms with van der Waals surface area (Å²) >= 11 is 1.05. The molecule has 0 aromatic heterocycles. The van der Waals surface area contributed by atoms with Gasteiger partial charge in [-0.05, 0) is 70.1 Å². The molecule has 3 N–H and O–H groups in total. The van der Waals surface area contributed by atoms with Gasteiger partial charge in [-0.15, -0.1) is 11.8 Å². The SMILES string of the molecule is CC1(C)O[C@@H]2CC3C4C[C@H](F)C5=CC(=O)C=C[C@]5(C)[C@@]4(F)[C@@H](O)C[C@]3(C)[C@@]2(SC(CCO)C(=O)O)O1. The fraction of sp³-hybridized carbons (Fsp3) is 0.769. The van der Waals surface area contributed by atoms with Crippen LogP contribution in [-0.2, 0) is 19.1 Å². The fourth-order valence-electron chi connectivity index (χ4n) is 7.98. The van der Waals surface area contributed by atoms with E-state index in [1.165, 1.54) is 12.2 Å². The third kappa shape index (κ3) is 3.23. The summed E-state index contributed by atoms with van der Waals surface area (Å²) < 4.78 is 45.7. The molecule has 1 saturated heterocycles. The molecule has 3 unspecified atom stereocenters. The zero-order valence-corrected chi connectivity index (χ0v) is 21.7. The Labute approximate surface area is 213 Å². The number of aliphatic hydroxyl groups is 2. The van der Waals surface area contributed by atoms with Gasteiger partial charge in [-0.1, -0.05) is 13.0 Å². The number of allylic oxidation sites excluding steroid dienone is 4. The topological polar surface area (TPSA) is 113 Å². The molecule has 5 rings (SSSR count). The van der Waals surface area contributed by atoms with Crippen molar-refractivity contribution in [1.29, 1.82) is 0 Å². The second kappa shape index (κ2) is 8.09. The summed E-state index contributed by atoms with van der Waals surface area (Å²) in [6.07, 6.45) is 0.131.